The molecule has 454 valence electrons. The van der Waals surface area contributed by atoms with Crippen LogP contribution in [0, 0.1) is 0 Å². The summed E-state index contributed by atoms with van der Waals surface area (Å²) in [5.41, 5.74) is 0. The smallest absolute Gasteiger partial charge is 0.306 e. The van der Waals surface area contributed by atoms with Crippen molar-refractivity contribution in [2.75, 3.05) is 13.2 Å². The quantitative estimate of drug-likeness (QED) is 0.0261. The molecule has 0 bridgehead atoms. The molecule has 0 heterocycles. The van der Waals surface area contributed by atoms with Gasteiger partial charge in [-0.2, -0.15) is 0 Å². The molecule has 6 nitrogen and oxygen atoms in total. The number of rotatable bonds is 57. The van der Waals surface area contributed by atoms with Gasteiger partial charge in [-0.1, -0.05) is 281 Å². The normalized spacial score (nSPS) is 13.3. The number of unbranched alkanes of at least 4 members (excludes halogenated alkanes) is 18. The Kier molecular flexibility index (Phi) is 62.9. The van der Waals surface area contributed by atoms with Gasteiger partial charge in [-0.3, -0.25) is 14.4 Å². The SMILES string of the molecule is CC/C=C\C/C=C\C/C=C\C/C=C\C/C=C\C/C=C\C/C=C\C/C=C\C/C=C\CCCCCC(=O)OCC(COC(=O)CCCCCCCCCCCCC)OC(=O)CCCCCCC/C=C\C/C=C\C/C=C\C/C=C\C/C=C\CC. The van der Waals surface area contributed by atoms with Crippen molar-refractivity contribution in [1.29, 1.82) is 0 Å². The predicted octanol–water partition coefficient (Wildman–Crippen LogP) is 22.7. The van der Waals surface area contributed by atoms with Crippen molar-refractivity contribution in [2.45, 2.75) is 271 Å². The van der Waals surface area contributed by atoms with Crippen LogP contribution in [0.5, 0.6) is 0 Å². The highest BCUT2D eigenvalue weighted by Crippen LogP contribution is 2.14. The number of hydrogen-bond acceptors (Lipinski definition) is 6. The molecule has 0 amide bonds. The first-order valence-electron chi connectivity index (χ1n) is 32.6. The van der Waals surface area contributed by atoms with E-state index in [1.165, 1.54) is 51.4 Å². The van der Waals surface area contributed by atoms with Gasteiger partial charge >= 0.3 is 17.9 Å². The first kappa shape index (κ1) is 75.8. The Bertz CT molecular complexity index is 1860. The summed E-state index contributed by atoms with van der Waals surface area (Å²) in [6.45, 7) is 6.36. The zero-order valence-corrected chi connectivity index (χ0v) is 52.0. The first-order valence-corrected chi connectivity index (χ1v) is 32.6. The molecule has 1 atom stereocenters. The van der Waals surface area contributed by atoms with Gasteiger partial charge < -0.3 is 14.2 Å². The molecule has 0 N–H and O–H groups in total. The highest BCUT2D eigenvalue weighted by atomic mass is 16.6. The van der Waals surface area contributed by atoms with Gasteiger partial charge in [0.1, 0.15) is 13.2 Å². The van der Waals surface area contributed by atoms with E-state index < -0.39 is 6.10 Å². The fourth-order valence-electron chi connectivity index (χ4n) is 8.40. The van der Waals surface area contributed by atoms with E-state index in [9.17, 15) is 14.4 Å². The lowest BCUT2D eigenvalue weighted by Crippen LogP contribution is -2.30. The second-order valence-electron chi connectivity index (χ2n) is 20.9. The highest BCUT2D eigenvalue weighted by Gasteiger charge is 2.19. The summed E-state index contributed by atoms with van der Waals surface area (Å²) < 4.78 is 16.9. The van der Waals surface area contributed by atoms with Gasteiger partial charge in [-0.25, -0.2) is 0 Å². The molecule has 0 saturated carbocycles. The van der Waals surface area contributed by atoms with Crippen LogP contribution in [0.25, 0.3) is 0 Å². The van der Waals surface area contributed by atoms with Crippen molar-refractivity contribution in [3.05, 3.63) is 170 Å². The third-order valence-electron chi connectivity index (χ3n) is 13.2. The fraction of sp³-hybridized carbons (Fsp3) is 0.587. The Morgan fingerprint density at radius 1 is 0.259 bits per heavy atom. The summed E-state index contributed by atoms with van der Waals surface area (Å²) in [4.78, 5) is 38.3. The zero-order chi connectivity index (χ0) is 58.5. The van der Waals surface area contributed by atoms with Crippen molar-refractivity contribution in [2.24, 2.45) is 0 Å². The first-order chi connectivity index (χ1) is 40.0. The summed E-state index contributed by atoms with van der Waals surface area (Å²) >= 11 is 0. The Morgan fingerprint density at radius 2 is 0.481 bits per heavy atom. The average molecular weight is 1120 g/mol. The van der Waals surface area contributed by atoms with Crippen molar-refractivity contribution >= 4 is 17.9 Å². The summed E-state index contributed by atoms with van der Waals surface area (Å²) in [5, 5.41) is 0. The van der Waals surface area contributed by atoms with E-state index in [0.717, 1.165) is 173 Å². The molecular weight excluding hydrogens is 997 g/mol. The monoisotopic (exact) mass is 1110 g/mol. The lowest BCUT2D eigenvalue weighted by Gasteiger charge is -2.18. The minimum absolute atomic E-state index is 0.102. The number of esters is 3. The molecule has 0 aliphatic rings. The number of hydrogen-bond donors (Lipinski definition) is 0. The molecule has 0 aromatic carbocycles. The van der Waals surface area contributed by atoms with E-state index in [-0.39, 0.29) is 31.1 Å². The minimum Gasteiger partial charge on any atom is -0.462 e. The lowest BCUT2D eigenvalue weighted by atomic mass is 10.1. The Morgan fingerprint density at radius 3 is 0.765 bits per heavy atom. The van der Waals surface area contributed by atoms with Crippen LogP contribution in [-0.4, -0.2) is 37.2 Å². The Hall–Kier alpha value is -5.23. The standard InChI is InChI=1S/C75H118O6/c1-4-7-10-13-16-19-22-24-26-28-30-32-33-34-35-36-37-38-39-40-41-43-44-46-48-50-53-56-59-62-65-68-74(77)80-71-72(70-79-73(76)67-64-61-58-55-52-21-18-15-12-9-6-3)81-75(78)69-66-63-60-57-54-51-49-47-45-42-31-29-27-25-23-20-17-14-11-8-5-2/h7-8,10-11,16-17,19-20,24-27,30-32,34-35,37-38,40-42,44,46-47,49-50,53,72H,4-6,9,12-15,18,21-23,28-29,33,36,39,43,45,48,51-52,54-71H2,1-3H3/b10-7-,11-8-,19-16-,20-17-,26-24-,27-25-,32-30-,35-34-,38-37-,41-40-,42-31-,46-44-,49-47-,53-50-. The topological polar surface area (TPSA) is 78.9 Å². The van der Waals surface area contributed by atoms with Gasteiger partial charge in [0.25, 0.3) is 0 Å². The second kappa shape index (κ2) is 67.3. The molecule has 0 fully saturated rings. The Labute approximate surface area is 498 Å². The molecule has 0 radical (unpaired) electrons. The predicted molar refractivity (Wildman–Crippen MR) is 352 cm³/mol. The fourth-order valence-corrected chi connectivity index (χ4v) is 8.40. The molecule has 0 aromatic heterocycles. The molecule has 0 aromatic rings. The summed E-state index contributed by atoms with van der Waals surface area (Å²) in [6.07, 6.45) is 99.3. The van der Waals surface area contributed by atoms with E-state index in [1.807, 2.05) is 0 Å². The summed E-state index contributed by atoms with van der Waals surface area (Å²) in [6, 6.07) is 0. The van der Waals surface area contributed by atoms with Crippen molar-refractivity contribution in [3.8, 4) is 0 Å². The third-order valence-corrected chi connectivity index (χ3v) is 13.2. The number of carbonyl (C=O) groups excluding carboxylic acids is 3. The zero-order valence-electron chi connectivity index (χ0n) is 52.0. The molecular formula is C75H118O6. The van der Waals surface area contributed by atoms with E-state index in [0.29, 0.717) is 19.3 Å². The van der Waals surface area contributed by atoms with Crippen molar-refractivity contribution in [3.63, 3.8) is 0 Å². The van der Waals surface area contributed by atoms with Crippen LogP contribution in [0.3, 0.4) is 0 Å². The minimum atomic E-state index is -0.810. The maximum atomic E-state index is 12.9. The molecule has 0 aliphatic carbocycles. The van der Waals surface area contributed by atoms with Gasteiger partial charge in [0.2, 0.25) is 0 Å². The summed E-state index contributed by atoms with van der Waals surface area (Å²) in [7, 11) is 0. The van der Waals surface area contributed by atoms with Gasteiger partial charge in [0.05, 0.1) is 0 Å². The Balaban J connectivity index is 4.41. The van der Waals surface area contributed by atoms with Crippen LogP contribution in [0.4, 0.5) is 0 Å². The van der Waals surface area contributed by atoms with Gasteiger partial charge in [-0.15, -0.1) is 0 Å². The van der Waals surface area contributed by atoms with Crippen molar-refractivity contribution in [1.82, 2.24) is 0 Å². The molecule has 0 rings (SSSR count). The molecule has 81 heavy (non-hydrogen) atoms. The molecule has 0 spiro atoms. The molecule has 0 aliphatic heterocycles. The summed E-state index contributed by atoms with van der Waals surface area (Å²) in [5.74, 6) is -0.960. The average Bonchev–Trinajstić information content (AvgIpc) is 3.47. The van der Waals surface area contributed by atoms with Crippen LogP contribution in [0.1, 0.15) is 265 Å². The maximum absolute atomic E-state index is 12.9. The van der Waals surface area contributed by atoms with Gasteiger partial charge in [-0.05, 0) is 135 Å². The van der Waals surface area contributed by atoms with Gasteiger partial charge in [0.15, 0.2) is 6.10 Å². The molecule has 0 saturated heterocycles. The van der Waals surface area contributed by atoms with Gasteiger partial charge in [0, 0.05) is 19.3 Å². The van der Waals surface area contributed by atoms with Crippen LogP contribution in [0.2, 0.25) is 0 Å². The third kappa shape index (κ3) is 65.5. The molecule has 6 heteroatoms. The van der Waals surface area contributed by atoms with Crippen molar-refractivity contribution < 1.29 is 28.6 Å². The van der Waals surface area contributed by atoms with E-state index in [4.69, 9.17) is 14.2 Å². The molecule has 1 unspecified atom stereocenters. The van der Waals surface area contributed by atoms with E-state index in [1.54, 1.807) is 0 Å². The van der Waals surface area contributed by atoms with Crippen LogP contribution in [0.15, 0.2) is 170 Å². The largest absolute Gasteiger partial charge is 0.462 e. The van der Waals surface area contributed by atoms with Crippen LogP contribution < -0.4 is 0 Å². The number of carbonyl (C=O) groups is 3. The number of allylic oxidation sites excluding steroid dienone is 28. The van der Waals surface area contributed by atoms with E-state index in [2.05, 4.69) is 191 Å². The van der Waals surface area contributed by atoms with Crippen LogP contribution in [-0.2, 0) is 28.6 Å². The highest BCUT2D eigenvalue weighted by molar-refractivity contribution is 5.71. The second-order valence-corrected chi connectivity index (χ2v) is 20.9. The lowest BCUT2D eigenvalue weighted by molar-refractivity contribution is -0.167. The van der Waals surface area contributed by atoms with E-state index >= 15 is 0 Å². The maximum Gasteiger partial charge on any atom is 0.306 e. The number of ether oxygens (including phenoxy) is 3. The van der Waals surface area contributed by atoms with Crippen LogP contribution >= 0.6 is 0 Å².